The van der Waals surface area contributed by atoms with Crippen LogP contribution in [0.4, 0.5) is 0 Å². The molecule has 2 heterocycles. The van der Waals surface area contributed by atoms with E-state index in [1.54, 1.807) is 36.7 Å². The number of amides is 1. The molecular weight excluding hydrogens is 300 g/mol. The molecule has 1 fully saturated rings. The summed E-state index contributed by atoms with van der Waals surface area (Å²) in [6.45, 7) is 0.818. The number of pyridine rings is 1. The largest absolute Gasteiger partial charge is 0.484 e. The molecule has 22 heavy (non-hydrogen) atoms. The molecule has 1 saturated heterocycles. The van der Waals surface area contributed by atoms with E-state index in [0.717, 1.165) is 24.9 Å². The highest BCUT2D eigenvalue weighted by atomic mass is 35.5. The number of aromatic nitrogens is 1. The number of halogens is 1. The van der Waals surface area contributed by atoms with Crippen LogP contribution in [0, 0.1) is 0 Å². The number of carbonyl (C=O) groups is 1. The van der Waals surface area contributed by atoms with E-state index < -0.39 is 0 Å². The van der Waals surface area contributed by atoms with Gasteiger partial charge in [0, 0.05) is 24.0 Å². The maximum absolute atomic E-state index is 12.4. The van der Waals surface area contributed by atoms with Gasteiger partial charge >= 0.3 is 0 Å². The normalized spacial score (nSPS) is 17.5. The molecule has 1 aromatic carbocycles. The number of carbonyl (C=O) groups excluding carboxylic acids is 1. The van der Waals surface area contributed by atoms with Crippen molar-refractivity contribution in [1.82, 2.24) is 9.88 Å². The fourth-order valence-electron chi connectivity index (χ4n) is 2.76. The third-order valence-corrected chi connectivity index (χ3v) is 4.09. The maximum Gasteiger partial charge on any atom is 0.261 e. The molecule has 1 aromatic heterocycles. The van der Waals surface area contributed by atoms with Crippen LogP contribution < -0.4 is 4.74 Å². The third-order valence-electron chi connectivity index (χ3n) is 3.84. The molecule has 2 aromatic rings. The van der Waals surface area contributed by atoms with Crippen molar-refractivity contribution < 1.29 is 9.53 Å². The van der Waals surface area contributed by atoms with Gasteiger partial charge < -0.3 is 9.64 Å². The maximum atomic E-state index is 12.4. The second kappa shape index (κ2) is 6.79. The lowest BCUT2D eigenvalue weighted by atomic mass is 10.1. The topological polar surface area (TPSA) is 42.4 Å². The first-order chi connectivity index (χ1) is 10.7. The number of hydrogen-bond acceptors (Lipinski definition) is 3. The Bertz CT molecular complexity index is 631. The summed E-state index contributed by atoms with van der Waals surface area (Å²) in [6, 6.07) is 11.1. The van der Waals surface area contributed by atoms with Crippen LogP contribution in [0.2, 0.25) is 5.02 Å². The van der Waals surface area contributed by atoms with E-state index >= 15 is 0 Å². The Morgan fingerprint density at radius 2 is 1.95 bits per heavy atom. The molecular formula is C17H17ClN2O2. The molecule has 0 saturated carbocycles. The van der Waals surface area contributed by atoms with Crippen LogP contribution in [0.5, 0.6) is 5.75 Å². The molecule has 0 radical (unpaired) electrons. The van der Waals surface area contributed by atoms with Gasteiger partial charge in [0.25, 0.3) is 5.91 Å². The second-order valence-corrected chi connectivity index (χ2v) is 5.70. The smallest absolute Gasteiger partial charge is 0.261 e. The first-order valence-corrected chi connectivity index (χ1v) is 7.69. The standard InChI is InChI=1S/C17H17ClN2O2/c18-14-3-5-15(6-4-14)22-12-17(21)20-11-1-2-16(20)13-7-9-19-10-8-13/h3-10,16H,1-2,11-12H2. The zero-order valence-electron chi connectivity index (χ0n) is 12.1. The lowest BCUT2D eigenvalue weighted by molar-refractivity contribution is -0.134. The molecule has 1 aliphatic rings. The van der Waals surface area contributed by atoms with Crippen molar-refractivity contribution in [2.24, 2.45) is 0 Å². The highest BCUT2D eigenvalue weighted by molar-refractivity contribution is 6.30. The average Bonchev–Trinajstić information content (AvgIpc) is 3.04. The molecule has 3 rings (SSSR count). The second-order valence-electron chi connectivity index (χ2n) is 5.27. The van der Waals surface area contributed by atoms with E-state index in [1.165, 1.54) is 0 Å². The van der Waals surface area contributed by atoms with E-state index in [4.69, 9.17) is 16.3 Å². The van der Waals surface area contributed by atoms with Crippen LogP contribution in [0.25, 0.3) is 0 Å². The first kappa shape index (κ1) is 14.9. The number of rotatable bonds is 4. The van der Waals surface area contributed by atoms with Crippen molar-refractivity contribution in [3.63, 3.8) is 0 Å². The molecule has 1 aliphatic heterocycles. The molecule has 0 N–H and O–H groups in total. The predicted molar refractivity (Wildman–Crippen MR) is 84.9 cm³/mol. The number of hydrogen-bond donors (Lipinski definition) is 0. The number of ether oxygens (including phenoxy) is 1. The van der Waals surface area contributed by atoms with Gasteiger partial charge in [-0.3, -0.25) is 9.78 Å². The van der Waals surface area contributed by atoms with Crippen LogP contribution in [-0.4, -0.2) is 28.9 Å². The molecule has 114 valence electrons. The molecule has 0 bridgehead atoms. The summed E-state index contributed by atoms with van der Waals surface area (Å²) in [4.78, 5) is 18.4. The summed E-state index contributed by atoms with van der Waals surface area (Å²) < 4.78 is 5.56. The molecule has 4 nitrogen and oxygen atoms in total. The van der Waals surface area contributed by atoms with Crippen molar-refractivity contribution in [2.45, 2.75) is 18.9 Å². The summed E-state index contributed by atoms with van der Waals surface area (Å²) in [5.41, 5.74) is 1.13. The highest BCUT2D eigenvalue weighted by Gasteiger charge is 2.29. The number of nitrogens with zero attached hydrogens (tertiary/aromatic N) is 2. The van der Waals surface area contributed by atoms with Crippen LogP contribution in [-0.2, 0) is 4.79 Å². The molecule has 0 aliphatic carbocycles. The van der Waals surface area contributed by atoms with E-state index in [1.807, 2.05) is 17.0 Å². The molecule has 0 spiro atoms. The SMILES string of the molecule is O=C(COc1ccc(Cl)cc1)N1CCCC1c1ccncc1. The highest BCUT2D eigenvalue weighted by Crippen LogP contribution is 2.31. The Kier molecular flexibility index (Phi) is 4.59. The summed E-state index contributed by atoms with van der Waals surface area (Å²) >= 11 is 5.83. The van der Waals surface area contributed by atoms with E-state index in [9.17, 15) is 4.79 Å². The van der Waals surface area contributed by atoms with Gasteiger partial charge in [0.2, 0.25) is 0 Å². The molecule has 1 amide bonds. The van der Waals surface area contributed by atoms with Crippen molar-refractivity contribution in [3.05, 3.63) is 59.4 Å². The minimum Gasteiger partial charge on any atom is -0.484 e. The Morgan fingerprint density at radius 3 is 2.68 bits per heavy atom. The molecule has 5 heteroatoms. The fourth-order valence-corrected chi connectivity index (χ4v) is 2.88. The fraction of sp³-hybridized carbons (Fsp3) is 0.294. The predicted octanol–water partition coefficient (Wildman–Crippen LogP) is 3.48. The van der Waals surface area contributed by atoms with Gasteiger partial charge in [0.15, 0.2) is 6.61 Å². The quantitative estimate of drug-likeness (QED) is 0.867. The monoisotopic (exact) mass is 316 g/mol. The van der Waals surface area contributed by atoms with Gasteiger partial charge in [-0.05, 0) is 54.8 Å². The van der Waals surface area contributed by atoms with Crippen molar-refractivity contribution in [1.29, 1.82) is 0 Å². The molecule has 1 atom stereocenters. The number of likely N-dealkylation sites (tertiary alicyclic amines) is 1. The summed E-state index contributed by atoms with van der Waals surface area (Å²) in [6.07, 6.45) is 5.53. The summed E-state index contributed by atoms with van der Waals surface area (Å²) in [7, 11) is 0. The summed E-state index contributed by atoms with van der Waals surface area (Å²) in [5, 5.41) is 0.649. The van der Waals surface area contributed by atoms with Gasteiger partial charge in [0.05, 0.1) is 6.04 Å². The van der Waals surface area contributed by atoms with Crippen LogP contribution in [0.3, 0.4) is 0 Å². The van der Waals surface area contributed by atoms with Crippen LogP contribution >= 0.6 is 11.6 Å². The van der Waals surface area contributed by atoms with Gasteiger partial charge in [-0.25, -0.2) is 0 Å². The van der Waals surface area contributed by atoms with E-state index in [0.29, 0.717) is 10.8 Å². The third kappa shape index (κ3) is 3.39. The van der Waals surface area contributed by atoms with Crippen LogP contribution in [0.1, 0.15) is 24.4 Å². The zero-order valence-corrected chi connectivity index (χ0v) is 12.9. The van der Waals surface area contributed by atoms with Gasteiger partial charge in [-0.2, -0.15) is 0 Å². The Hall–Kier alpha value is -2.07. The Balaban J connectivity index is 1.62. The number of benzene rings is 1. The average molecular weight is 317 g/mol. The van der Waals surface area contributed by atoms with Crippen molar-refractivity contribution in [3.8, 4) is 5.75 Å². The minimum atomic E-state index is 0.00858. The Morgan fingerprint density at radius 1 is 1.23 bits per heavy atom. The van der Waals surface area contributed by atoms with E-state index in [-0.39, 0.29) is 18.6 Å². The lowest BCUT2D eigenvalue weighted by Crippen LogP contribution is -2.34. The van der Waals surface area contributed by atoms with E-state index in [2.05, 4.69) is 4.98 Å². The zero-order chi connectivity index (χ0) is 15.4. The van der Waals surface area contributed by atoms with Crippen molar-refractivity contribution in [2.75, 3.05) is 13.2 Å². The van der Waals surface area contributed by atoms with Gasteiger partial charge in [0.1, 0.15) is 5.75 Å². The Labute approximate surface area is 134 Å². The minimum absolute atomic E-state index is 0.00858. The first-order valence-electron chi connectivity index (χ1n) is 7.32. The van der Waals surface area contributed by atoms with Gasteiger partial charge in [-0.15, -0.1) is 0 Å². The molecule has 1 unspecified atom stereocenters. The lowest BCUT2D eigenvalue weighted by Gasteiger charge is -2.25. The van der Waals surface area contributed by atoms with Gasteiger partial charge in [-0.1, -0.05) is 11.6 Å². The van der Waals surface area contributed by atoms with Crippen molar-refractivity contribution >= 4 is 17.5 Å². The summed E-state index contributed by atoms with van der Waals surface area (Å²) in [5.74, 6) is 0.659. The van der Waals surface area contributed by atoms with Crippen LogP contribution in [0.15, 0.2) is 48.8 Å².